The minimum absolute atomic E-state index is 0.0652. The van der Waals surface area contributed by atoms with Crippen molar-refractivity contribution in [2.75, 3.05) is 31.9 Å². The van der Waals surface area contributed by atoms with Gasteiger partial charge in [-0.25, -0.2) is 9.50 Å². The maximum absolute atomic E-state index is 5.71. The van der Waals surface area contributed by atoms with Crippen molar-refractivity contribution in [1.29, 1.82) is 0 Å². The summed E-state index contributed by atoms with van der Waals surface area (Å²) in [4.78, 5) is 4.90. The van der Waals surface area contributed by atoms with Crippen LogP contribution in [0.2, 0.25) is 0 Å². The molecule has 0 atom stereocenters. The topological polar surface area (TPSA) is 69.9 Å². The summed E-state index contributed by atoms with van der Waals surface area (Å²) in [5, 5.41) is 9.36. The number of nitrogens with zero attached hydrogens (tertiary/aromatic N) is 3. The summed E-state index contributed by atoms with van der Waals surface area (Å²) >= 11 is 0. The fourth-order valence-electron chi connectivity index (χ4n) is 4.72. The Kier molecular flexibility index (Phi) is 4.24. The number of hydrogen-bond donors (Lipinski definition) is 1. The highest BCUT2D eigenvalue weighted by atomic mass is 16.7. The highest BCUT2D eigenvalue weighted by Gasteiger charge is 2.36. The second-order valence-corrected chi connectivity index (χ2v) is 8.35. The Balaban J connectivity index is 1.39. The summed E-state index contributed by atoms with van der Waals surface area (Å²) < 4.78 is 18.8. The monoisotopic (exact) mass is 416 g/mol. The van der Waals surface area contributed by atoms with Crippen molar-refractivity contribution in [2.24, 2.45) is 0 Å². The molecular weight excluding hydrogens is 392 g/mol. The van der Waals surface area contributed by atoms with E-state index in [9.17, 15) is 0 Å². The van der Waals surface area contributed by atoms with Crippen LogP contribution >= 0.6 is 0 Å². The molecule has 2 aromatic heterocycles. The van der Waals surface area contributed by atoms with Crippen LogP contribution in [0, 0.1) is 6.92 Å². The van der Waals surface area contributed by atoms with E-state index in [1.807, 2.05) is 35.7 Å². The Bertz CT molecular complexity index is 1280. The molecule has 1 N–H and O–H groups in total. The molecule has 158 valence electrons. The van der Waals surface area contributed by atoms with Gasteiger partial charge in [-0.2, -0.15) is 5.10 Å². The number of nitrogens with one attached hydrogen (secondary N) is 1. The largest absolute Gasteiger partial charge is 0.454 e. The lowest BCUT2D eigenvalue weighted by Gasteiger charge is -2.38. The fraction of sp³-hybridized carbons (Fsp3) is 0.333. The van der Waals surface area contributed by atoms with Crippen LogP contribution in [0.1, 0.15) is 24.1 Å². The van der Waals surface area contributed by atoms with Crippen LogP contribution in [0.5, 0.6) is 11.5 Å². The lowest BCUT2D eigenvalue weighted by Crippen LogP contribution is -2.40. The fourth-order valence-corrected chi connectivity index (χ4v) is 4.72. The van der Waals surface area contributed by atoms with Gasteiger partial charge in [-0.3, -0.25) is 0 Å². The van der Waals surface area contributed by atoms with Gasteiger partial charge in [0, 0.05) is 36.6 Å². The number of benzene rings is 2. The van der Waals surface area contributed by atoms with E-state index in [4.69, 9.17) is 19.2 Å². The van der Waals surface area contributed by atoms with Gasteiger partial charge >= 0.3 is 0 Å². The first kappa shape index (κ1) is 18.4. The number of ether oxygens (including phenoxy) is 3. The Morgan fingerprint density at radius 2 is 1.87 bits per heavy atom. The SMILES string of the molecule is Cc1cc2nc(NCC3(c4ccc5c(c4)OCO5)CCOCC3)c3ccccc3n2n1. The maximum atomic E-state index is 5.71. The van der Waals surface area contributed by atoms with Crippen molar-refractivity contribution in [2.45, 2.75) is 25.2 Å². The Labute approximate surface area is 179 Å². The van der Waals surface area contributed by atoms with Crippen LogP contribution in [-0.2, 0) is 10.2 Å². The first-order chi connectivity index (χ1) is 15.2. The van der Waals surface area contributed by atoms with E-state index in [1.165, 1.54) is 5.56 Å². The van der Waals surface area contributed by atoms with E-state index in [-0.39, 0.29) is 12.2 Å². The van der Waals surface area contributed by atoms with Gasteiger partial charge in [0.25, 0.3) is 0 Å². The summed E-state index contributed by atoms with van der Waals surface area (Å²) in [6, 6.07) is 16.6. The molecule has 0 radical (unpaired) electrons. The Morgan fingerprint density at radius 1 is 1.03 bits per heavy atom. The quantitative estimate of drug-likeness (QED) is 0.541. The van der Waals surface area contributed by atoms with Crippen LogP contribution in [0.25, 0.3) is 16.6 Å². The summed E-state index contributed by atoms with van der Waals surface area (Å²) in [7, 11) is 0. The molecular formula is C24H24N4O3. The van der Waals surface area contributed by atoms with Crippen molar-refractivity contribution < 1.29 is 14.2 Å². The average molecular weight is 416 g/mol. The van der Waals surface area contributed by atoms with Crippen LogP contribution in [0.4, 0.5) is 5.82 Å². The third-order valence-corrected chi connectivity index (χ3v) is 6.46. The molecule has 2 aromatic carbocycles. The van der Waals surface area contributed by atoms with Crippen molar-refractivity contribution in [3.05, 3.63) is 59.8 Å². The Hall–Kier alpha value is -3.32. The van der Waals surface area contributed by atoms with E-state index in [0.29, 0.717) is 0 Å². The molecule has 6 rings (SSSR count). The molecule has 0 amide bonds. The van der Waals surface area contributed by atoms with E-state index in [1.54, 1.807) is 0 Å². The molecule has 31 heavy (non-hydrogen) atoms. The normalized spacial score (nSPS) is 17.3. The molecule has 1 fully saturated rings. The number of para-hydroxylation sites is 1. The molecule has 0 unspecified atom stereocenters. The predicted molar refractivity (Wildman–Crippen MR) is 118 cm³/mol. The smallest absolute Gasteiger partial charge is 0.231 e. The maximum Gasteiger partial charge on any atom is 0.231 e. The lowest BCUT2D eigenvalue weighted by atomic mass is 9.74. The minimum Gasteiger partial charge on any atom is -0.454 e. The molecule has 4 aromatic rings. The molecule has 0 saturated carbocycles. The zero-order valence-corrected chi connectivity index (χ0v) is 17.4. The molecule has 2 aliphatic rings. The van der Waals surface area contributed by atoms with E-state index in [0.717, 1.165) is 72.2 Å². The number of aromatic nitrogens is 3. The third-order valence-electron chi connectivity index (χ3n) is 6.46. The van der Waals surface area contributed by atoms with Gasteiger partial charge in [0.1, 0.15) is 5.82 Å². The van der Waals surface area contributed by atoms with Crippen LogP contribution in [0.15, 0.2) is 48.5 Å². The van der Waals surface area contributed by atoms with E-state index >= 15 is 0 Å². The highest BCUT2D eigenvalue weighted by Crippen LogP contribution is 2.41. The number of aryl methyl sites for hydroxylation is 1. The van der Waals surface area contributed by atoms with Gasteiger partial charge in [0.05, 0.1) is 11.2 Å². The number of hydrogen-bond acceptors (Lipinski definition) is 6. The van der Waals surface area contributed by atoms with E-state index < -0.39 is 0 Å². The van der Waals surface area contributed by atoms with Crippen LogP contribution in [0.3, 0.4) is 0 Å². The van der Waals surface area contributed by atoms with Crippen molar-refractivity contribution in [3.8, 4) is 11.5 Å². The molecule has 4 heterocycles. The highest BCUT2D eigenvalue weighted by molar-refractivity contribution is 5.91. The third kappa shape index (κ3) is 3.08. The minimum atomic E-state index is -0.0652. The number of fused-ring (bicyclic) bond motifs is 4. The molecule has 2 aliphatic heterocycles. The summed E-state index contributed by atoms with van der Waals surface area (Å²) in [5.74, 6) is 2.52. The number of rotatable bonds is 4. The zero-order chi connectivity index (χ0) is 20.8. The van der Waals surface area contributed by atoms with Crippen molar-refractivity contribution in [3.63, 3.8) is 0 Å². The van der Waals surface area contributed by atoms with Gasteiger partial charge in [-0.1, -0.05) is 18.2 Å². The summed E-state index contributed by atoms with van der Waals surface area (Å²) in [6.45, 7) is 4.52. The van der Waals surface area contributed by atoms with Gasteiger partial charge < -0.3 is 19.5 Å². The van der Waals surface area contributed by atoms with Crippen LogP contribution < -0.4 is 14.8 Å². The van der Waals surface area contributed by atoms with Gasteiger partial charge in [-0.15, -0.1) is 0 Å². The van der Waals surface area contributed by atoms with Gasteiger partial charge in [-0.05, 0) is 49.6 Å². The molecule has 7 nitrogen and oxygen atoms in total. The predicted octanol–water partition coefficient (Wildman–Crippen LogP) is 4.08. The molecule has 1 saturated heterocycles. The molecule has 7 heteroatoms. The molecule has 0 bridgehead atoms. The second-order valence-electron chi connectivity index (χ2n) is 8.35. The average Bonchev–Trinajstić information content (AvgIpc) is 3.43. The summed E-state index contributed by atoms with van der Waals surface area (Å²) in [5.41, 5.74) is 4.04. The van der Waals surface area contributed by atoms with Crippen molar-refractivity contribution in [1.82, 2.24) is 14.6 Å². The van der Waals surface area contributed by atoms with E-state index in [2.05, 4.69) is 34.7 Å². The second kappa shape index (κ2) is 7.13. The van der Waals surface area contributed by atoms with Crippen molar-refractivity contribution >= 4 is 22.4 Å². The lowest BCUT2D eigenvalue weighted by molar-refractivity contribution is 0.0543. The van der Waals surface area contributed by atoms with Crippen LogP contribution in [-0.4, -0.2) is 41.1 Å². The molecule has 0 aliphatic carbocycles. The first-order valence-electron chi connectivity index (χ1n) is 10.7. The first-order valence-corrected chi connectivity index (χ1v) is 10.7. The molecule has 0 spiro atoms. The zero-order valence-electron chi connectivity index (χ0n) is 17.4. The number of anilines is 1. The Morgan fingerprint density at radius 3 is 2.77 bits per heavy atom. The van der Waals surface area contributed by atoms with Gasteiger partial charge in [0.15, 0.2) is 17.1 Å². The van der Waals surface area contributed by atoms with Gasteiger partial charge in [0.2, 0.25) is 6.79 Å². The standard InChI is InChI=1S/C24H24N4O3/c1-16-12-22-26-23(18-4-2-3-5-19(18)28(22)27-16)25-14-24(8-10-29-11-9-24)17-6-7-20-21(13-17)31-15-30-20/h2-7,12-13H,8-11,14-15H2,1H3,(H,25,26). The summed E-state index contributed by atoms with van der Waals surface area (Å²) in [6.07, 6.45) is 1.87.